The summed E-state index contributed by atoms with van der Waals surface area (Å²) in [5, 5.41) is 14.3. The van der Waals surface area contributed by atoms with Crippen LogP contribution >= 0.6 is 0 Å². The number of aromatic nitrogens is 2. The fourth-order valence-electron chi connectivity index (χ4n) is 2.94. The molecule has 1 heterocycles. The molecular formula is C14H25N3O. The molecule has 0 radical (unpaired) electrons. The lowest BCUT2D eigenvalue weighted by Crippen LogP contribution is -2.42. The number of aliphatic hydroxyl groups is 1. The van der Waals surface area contributed by atoms with Crippen LogP contribution in [0.4, 0.5) is 0 Å². The number of likely N-dealkylation sites (N-methyl/N-ethyl adjacent to an activating group) is 1. The molecule has 18 heavy (non-hydrogen) atoms. The van der Waals surface area contributed by atoms with Gasteiger partial charge in [-0.2, -0.15) is 5.10 Å². The van der Waals surface area contributed by atoms with E-state index in [2.05, 4.69) is 16.9 Å². The highest BCUT2D eigenvalue weighted by molar-refractivity contribution is 4.80. The van der Waals surface area contributed by atoms with Gasteiger partial charge in [0.15, 0.2) is 0 Å². The van der Waals surface area contributed by atoms with Gasteiger partial charge in [-0.15, -0.1) is 0 Å². The molecule has 1 fully saturated rings. The maximum atomic E-state index is 10.2. The third-order valence-corrected chi connectivity index (χ3v) is 3.90. The average molecular weight is 251 g/mol. The fourth-order valence-corrected chi connectivity index (χ4v) is 2.94. The molecular weight excluding hydrogens is 226 g/mol. The van der Waals surface area contributed by atoms with E-state index in [4.69, 9.17) is 0 Å². The van der Waals surface area contributed by atoms with Crippen LogP contribution in [-0.2, 0) is 6.54 Å². The Hall–Kier alpha value is -0.870. The van der Waals surface area contributed by atoms with E-state index in [-0.39, 0.29) is 6.10 Å². The SMILES string of the molecule is CCN(C[C@@H](O)Cn1cccn1)C1CCCCC1. The largest absolute Gasteiger partial charge is 0.390 e. The van der Waals surface area contributed by atoms with Crippen molar-refractivity contribution in [2.75, 3.05) is 13.1 Å². The van der Waals surface area contributed by atoms with Gasteiger partial charge in [-0.3, -0.25) is 9.58 Å². The smallest absolute Gasteiger partial charge is 0.0862 e. The third kappa shape index (κ3) is 3.82. The summed E-state index contributed by atoms with van der Waals surface area (Å²) >= 11 is 0. The first-order valence-corrected chi connectivity index (χ1v) is 7.19. The lowest BCUT2D eigenvalue weighted by molar-refractivity contribution is 0.0648. The van der Waals surface area contributed by atoms with Crippen LogP contribution < -0.4 is 0 Å². The van der Waals surface area contributed by atoms with Crippen LogP contribution in [0.15, 0.2) is 18.5 Å². The lowest BCUT2D eigenvalue weighted by Gasteiger charge is -2.34. The van der Waals surface area contributed by atoms with Crippen molar-refractivity contribution < 1.29 is 5.11 Å². The lowest BCUT2D eigenvalue weighted by atomic mass is 9.94. The minimum absolute atomic E-state index is 0.327. The predicted octanol–water partition coefficient (Wildman–Crippen LogP) is 1.90. The van der Waals surface area contributed by atoms with Gasteiger partial charge in [0, 0.05) is 25.0 Å². The van der Waals surface area contributed by atoms with Crippen molar-refractivity contribution in [3.8, 4) is 0 Å². The van der Waals surface area contributed by atoms with Crippen LogP contribution in [0.3, 0.4) is 0 Å². The normalized spacial score (nSPS) is 19.3. The van der Waals surface area contributed by atoms with E-state index in [0.29, 0.717) is 12.6 Å². The van der Waals surface area contributed by atoms with Crippen molar-refractivity contribution in [1.82, 2.24) is 14.7 Å². The topological polar surface area (TPSA) is 41.3 Å². The fraction of sp³-hybridized carbons (Fsp3) is 0.786. The van der Waals surface area contributed by atoms with E-state index < -0.39 is 0 Å². The first-order chi connectivity index (χ1) is 8.79. The molecule has 1 aliphatic rings. The molecule has 1 aliphatic carbocycles. The van der Waals surface area contributed by atoms with Gasteiger partial charge in [0.2, 0.25) is 0 Å². The zero-order valence-electron chi connectivity index (χ0n) is 11.3. The Kier molecular flexibility index (Phi) is 5.20. The molecule has 0 aliphatic heterocycles. The average Bonchev–Trinajstić information content (AvgIpc) is 2.90. The summed E-state index contributed by atoms with van der Waals surface area (Å²) in [7, 11) is 0. The highest BCUT2D eigenvalue weighted by Crippen LogP contribution is 2.22. The van der Waals surface area contributed by atoms with Gasteiger partial charge < -0.3 is 5.11 Å². The van der Waals surface area contributed by atoms with Crippen molar-refractivity contribution in [2.45, 2.75) is 57.7 Å². The first-order valence-electron chi connectivity index (χ1n) is 7.19. The summed E-state index contributed by atoms with van der Waals surface area (Å²) in [6.45, 7) is 4.58. The van der Waals surface area contributed by atoms with Gasteiger partial charge >= 0.3 is 0 Å². The van der Waals surface area contributed by atoms with Crippen molar-refractivity contribution in [3.63, 3.8) is 0 Å². The number of rotatable bonds is 6. The Balaban J connectivity index is 1.81. The minimum atomic E-state index is -0.327. The van der Waals surface area contributed by atoms with E-state index in [1.165, 1.54) is 32.1 Å². The molecule has 4 nitrogen and oxygen atoms in total. The number of hydrogen-bond donors (Lipinski definition) is 1. The molecule has 1 aromatic heterocycles. The van der Waals surface area contributed by atoms with Crippen molar-refractivity contribution in [1.29, 1.82) is 0 Å². The van der Waals surface area contributed by atoms with E-state index in [9.17, 15) is 5.11 Å². The Morgan fingerprint density at radius 2 is 2.17 bits per heavy atom. The first kappa shape index (κ1) is 13.6. The van der Waals surface area contributed by atoms with Crippen LogP contribution in [-0.4, -0.2) is 45.0 Å². The van der Waals surface area contributed by atoms with Gasteiger partial charge in [0.25, 0.3) is 0 Å². The van der Waals surface area contributed by atoms with Crippen LogP contribution in [0, 0.1) is 0 Å². The standard InChI is InChI=1S/C14H25N3O/c1-2-16(13-7-4-3-5-8-13)11-14(18)12-17-10-6-9-15-17/h6,9-10,13-14,18H,2-5,7-8,11-12H2,1H3/t14-/m1/s1. The van der Waals surface area contributed by atoms with E-state index in [0.717, 1.165) is 13.1 Å². The highest BCUT2D eigenvalue weighted by atomic mass is 16.3. The summed E-state index contributed by atoms with van der Waals surface area (Å²) in [6.07, 6.45) is 9.99. The summed E-state index contributed by atoms with van der Waals surface area (Å²) in [5.41, 5.74) is 0. The molecule has 1 atom stereocenters. The molecule has 0 saturated heterocycles. The highest BCUT2D eigenvalue weighted by Gasteiger charge is 2.21. The summed E-state index contributed by atoms with van der Waals surface area (Å²) < 4.78 is 1.80. The third-order valence-electron chi connectivity index (χ3n) is 3.90. The van der Waals surface area contributed by atoms with Gasteiger partial charge in [0.1, 0.15) is 0 Å². The Morgan fingerprint density at radius 3 is 2.78 bits per heavy atom. The molecule has 1 saturated carbocycles. The van der Waals surface area contributed by atoms with Crippen molar-refractivity contribution in [3.05, 3.63) is 18.5 Å². The van der Waals surface area contributed by atoms with E-state index in [1.54, 1.807) is 10.9 Å². The Bertz CT molecular complexity index is 320. The Morgan fingerprint density at radius 1 is 1.39 bits per heavy atom. The number of hydrogen-bond acceptors (Lipinski definition) is 3. The van der Waals surface area contributed by atoms with Crippen LogP contribution in [0.1, 0.15) is 39.0 Å². The molecule has 0 aromatic carbocycles. The second-order valence-electron chi connectivity index (χ2n) is 5.26. The van der Waals surface area contributed by atoms with Crippen LogP contribution in [0.5, 0.6) is 0 Å². The zero-order chi connectivity index (χ0) is 12.8. The molecule has 1 N–H and O–H groups in total. The molecule has 4 heteroatoms. The summed E-state index contributed by atoms with van der Waals surface area (Å²) in [4.78, 5) is 2.44. The van der Waals surface area contributed by atoms with Crippen LogP contribution in [0.25, 0.3) is 0 Å². The maximum Gasteiger partial charge on any atom is 0.0862 e. The van der Waals surface area contributed by atoms with Gasteiger partial charge in [0.05, 0.1) is 12.6 Å². The molecule has 2 rings (SSSR count). The summed E-state index contributed by atoms with van der Waals surface area (Å²) in [6, 6.07) is 2.57. The monoisotopic (exact) mass is 251 g/mol. The van der Waals surface area contributed by atoms with Gasteiger partial charge in [-0.05, 0) is 25.5 Å². The second-order valence-corrected chi connectivity index (χ2v) is 5.26. The molecule has 0 bridgehead atoms. The maximum absolute atomic E-state index is 10.2. The minimum Gasteiger partial charge on any atom is -0.390 e. The molecule has 0 unspecified atom stereocenters. The molecule has 102 valence electrons. The number of nitrogens with zero attached hydrogens (tertiary/aromatic N) is 3. The molecule has 0 spiro atoms. The van der Waals surface area contributed by atoms with Crippen molar-refractivity contribution >= 4 is 0 Å². The van der Waals surface area contributed by atoms with Crippen LogP contribution in [0.2, 0.25) is 0 Å². The van der Waals surface area contributed by atoms with Gasteiger partial charge in [-0.1, -0.05) is 26.2 Å². The van der Waals surface area contributed by atoms with E-state index in [1.807, 2.05) is 12.3 Å². The van der Waals surface area contributed by atoms with E-state index >= 15 is 0 Å². The Labute approximate surface area is 110 Å². The second kappa shape index (κ2) is 6.90. The molecule has 1 aromatic rings. The summed E-state index contributed by atoms with van der Waals surface area (Å²) in [5.74, 6) is 0. The van der Waals surface area contributed by atoms with Gasteiger partial charge in [-0.25, -0.2) is 0 Å². The quantitative estimate of drug-likeness (QED) is 0.839. The number of aliphatic hydroxyl groups excluding tert-OH is 1. The zero-order valence-corrected chi connectivity index (χ0v) is 11.3. The predicted molar refractivity (Wildman–Crippen MR) is 72.4 cm³/mol. The molecule has 0 amide bonds. The van der Waals surface area contributed by atoms with Crippen molar-refractivity contribution in [2.24, 2.45) is 0 Å².